The van der Waals surface area contributed by atoms with Crippen molar-refractivity contribution in [1.29, 1.82) is 0 Å². The number of hydrogen-bond acceptors (Lipinski definition) is 9. The van der Waals surface area contributed by atoms with Crippen LogP contribution in [0.5, 0.6) is 11.5 Å². The standard InChI is InChI=1S/C19H31N3O8S/c1-15(30-19(25)20-5-4-16-2-3-17(23)18(24)14-16)29-12-10-21-6-8-22(9-7-21)11-13-31(26,27)28/h2-3,14-15,23-24H,4-13H2,1H3,(H,20,25)(H,26,27,28). The molecule has 1 saturated heterocycles. The maximum Gasteiger partial charge on any atom is 0.409 e. The molecule has 1 unspecified atom stereocenters. The lowest BCUT2D eigenvalue weighted by molar-refractivity contribution is -0.0959. The fourth-order valence-electron chi connectivity index (χ4n) is 3.09. The van der Waals surface area contributed by atoms with E-state index in [0.29, 0.717) is 45.8 Å². The number of ether oxygens (including phenoxy) is 2. The number of nitrogens with zero attached hydrogens (tertiary/aromatic N) is 2. The molecule has 0 bridgehead atoms. The second-order valence-electron chi connectivity index (χ2n) is 7.31. The molecule has 31 heavy (non-hydrogen) atoms. The van der Waals surface area contributed by atoms with Crippen LogP contribution in [-0.4, -0.2) is 104 Å². The molecule has 0 saturated carbocycles. The average Bonchev–Trinajstić information content (AvgIpc) is 2.69. The molecule has 0 aromatic heterocycles. The highest BCUT2D eigenvalue weighted by Gasteiger charge is 2.18. The highest BCUT2D eigenvalue weighted by atomic mass is 32.2. The number of carbonyl (C=O) groups excluding carboxylic acids is 1. The van der Waals surface area contributed by atoms with E-state index in [1.54, 1.807) is 13.0 Å². The molecular formula is C19H31N3O8S. The Balaban J connectivity index is 1.54. The SMILES string of the molecule is CC(OCCN1CCN(CCS(=O)(=O)O)CC1)OC(=O)NCCc1ccc(O)c(O)c1. The molecule has 1 heterocycles. The number of benzene rings is 1. The maximum atomic E-state index is 11.8. The van der Waals surface area contributed by atoms with E-state index in [-0.39, 0.29) is 17.3 Å². The fraction of sp³-hybridized carbons (Fsp3) is 0.632. The van der Waals surface area contributed by atoms with Crippen LogP contribution in [0.2, 0.25) is 0 Å². The minimum atomic E-state index is -3.94. The minimum absolute atomic E-state index is 0.193. The summed E-state index contributed by atoms with van der Waals surface area (Å²) in [5.74, 6) is -0.660. The van der Waals surface area contributed by atoms with Crippen molar-refractivity contribution in [2.75, 3.05) is 58.2 Å². The smallest absolute Gasteiger partial charge is 0.409 e. The molecule has 12 heteroatoms. The van der Waals surface area contributed by atoms with Gasteiger partial charge >= 0.3 is 6.09 Å². The summed E-state index contributed by atoms with van der Waals surface area (Å²) in [6.07, 6.45) is -0.856. The van der Waals surface area contributed by atoms with Gasteiger partial charge in [0, 0.05) is 45.8 Å². The van der Waals surface area contributed by atoms with Gasteiger partial charge in [-0.1, -0.05) is 6.07 Å². The first-order valence-corrected chi connectivity index (χ1v) is 11.7. The largest absolute Gasteiger partial charge is 0.504 e. The van der Waals surface area contributed by atoms with Gasteiger partial charge in [-0.3, -0.25) is 14.4 Å². The van der Waals surface area contributed by atoms with Gasteiger partial charge in [0.05, 0.1) is 12.4 Å². The molecule has 1 amide bonds. The number of hydrogen-bond donors (Lipinski definition) is 4. The highest BCUT2D eigenvalue weighted by Crippen LogP contribution is 2.24. The molecule has 1 aliphatic heterocycles. The van der Waals surface area contributed by atoms with Gasteiger partial charge in [0.25, 0.3) is 10.1 Å². The van der Waals surface area contributed by atoms with E-state index in [1.807, 2.05) is 4.90 Å². The van der Waals surface area contributed by atoms with Gasteiger partial charge in [0.2, 0.25) is 6.29 Å². The van der Waals surface area contributed by atoms with E-state index in [1.165, 1.54) is 12.1 Å². The lowest BCUT2D eigenvalue weighted by Crippen LogP contribution is -2.48. The van der Waals surface area contributed by atoms with Gasteiger partial charge in [0.15, 0.2) is 11.5 Å². The first-order valence-electron chi connectivity index (χ1n) is 10.1. The highest BCUT2D eigenvalue weighted by molar-refractivity contribution is 7.85. The molecule has 4 N–H and O–H groups in total. The Labute approximate surface area is 182 Å². The summed E-state index contributed by atoms with van der Waals surface area (Å²) in [7, 11) is -3.94. The van der Waals surface area contributed by atoms with Crippen LogP contribution in [-0.2, 0) is 26.0 Å². The number of carbonyl (C=O) groups is 1. The van der Waals surface area contributed by atoms with Crippen molar-refractivity contribution in [3.8, 4) is 11.5 Å². The summed E-state index contributed by atoms with van der Waals surface area (Å²) in [5, 5.41) is 21.3. The minimum Gasteiger partial charge on any atom is -0.504 e. The van der Waals surface area contributed by atoms with Gasteiger partial charge in [-0.05, 0) is 31.0 Å². The van der Waals surface area contributed by atoms with Crippen LogP contribution in [0.15, 0.2) is 18.2 Å². The van der Waals surface area contributed by atoms with E-state index < -0.39 is 22.5 Å². The van der Waals surface area contributed by atoms with E-state index in [9.17, 15) is 23.4 Å². The predicted molar refractivity (Wildman–Crippen MR) is 113 cm³/mol. The van der Waals surface area contributed by atoms with Crippen LogP contribution in [0.1, 0.15) is 12.5 Å². The van der Waals surface area contributed by atoms with Gasteiger partial charge in [-0.15, -0.1) is 0 Å². The quantitative estimate of drug-likeness (QED) is 0.205. The Bertz CT molecular complexity index is 812. The number of piperazine rings is 1. The second kappa shape index (κ2) is 12.1. The fourth-order valence-corrected chi connectivity index (χ4v) is 3.58. The molecule has 0 aliphatic carbocycles. The van der Waals surface area contributed by atoms with Gasteiger partial charge in [0.1, 0.15) is 0 Å². The third kappa shape index (κ3) is 10.2. The molecule has 0 spiro atoms. The summed E-state index contributed by atoms with van der Waals surface area (Å²) in [6.45, 7) is 6.23. The van der Waals surface area contributed by atoms with Crippen molar-refractivity contribution in [1.82, 2.24) is 15.1 Å². The van der Waals surface area contributed by atoms with E-state index >= 15 is 0 Å². The van der Waals surface area contributed by atoms with Crippen LogP contribution in [0.4, 0.5) is 4.79 Å². The normalized spacial score (nSPS) is 16.7. The van der Waals surface area contributed by atoms with Crippen molar-refractivity contribution in [3.63, 3.8) is 0 Å². The lowest BCUT2D eigenvalue weighted by Gasteiger charge is -2.34. The monoisotopic (exact) mass is 461 g/mol. The zero-order valence-electron chi connectivity index (χ0n) is 17.6. The Morgan fingerprint density at radius 2 is 1.77 bits per heavy atom. The Morgan fingerprint density at radius 3 is 2.39 bits per heavy atom. The number of phenols is 2. The number of phenolic OH excluding ortho intramolecular Hbond substituents is 2. The number of alkyl carbamates (subject to hydrolysis) is 1. The third-order valence-corrected chi connectivity index (χ3v) is 5.58. The van der Waals surface area contributed by atoms with Gasteiger partial charge < -0.3 is 25.0 Å². The van der Waals surface area contributed by atoms with Gasteiger partial charge in [-0.25, -0.2) is 4.79 Å². The molecular weight excluding hydrogens is 430 g/mol. The lowest BCUT2D eigenvalue weighted by atomic mass is 10.1. The first kappa shape index (κ1) is 25.1. The summed E-state index contributed by atoms with van der Waals surface area (Å²) in [5.41, 5.74) is 0.762. The molecule has 2 rings (SSSR count). The van der Waals surface area contributed by atoms with Crippen molar-refractivity contribution in [2.24, 2.45) is 0 Å². The van der Waals surface area contributed by atoms with E-state index in [2.05, 4.69) is 10.2 Å². The molecule has 1 aromatic carbocycles. The van der Waals surface area contributed by atoms with E-state index in [0.717, 1.165) is 18.7 Å². The Hall–Kier alpha value is -2.12. The Kier molecular flexibility index (Phi) is 9.78. The van der Waals surface area contributed by atoms with Crippen LogP contribution in [0, 0.1) is 0 Å². The number of amides is 1. The molecule has 1 atom stereocenters. The van der Waals surface area contributed by atoms with Crippen molar-refractivity contribution in [2.45, 2.75) is 19.6 Å². The van der Waals surface area contributed by atoms with Crippen LogP contribution >= 0.6 is 0 Å². The number of aromatic hydroxyl groups is 2. The average molecular weight is 462 g/mol. The maximum absolute atomic E-state index is 11.8. The van der Waals surface area contributed by atoms with Crippen LogP contribution < -0.4 is 5.32 Å². The third-order valence-electron chi connectivity index (χ3n) is 4.89. The van der Waals surface area contributed by atoms with E-state index in [4.69, 9.17) is 14.0 Å². The van der Waals surface area contributed by atoms with Crippen LogP contribution in [0.25, 0.3) is 0 Å². The van der Waals surface area contributed by atoms with Crippen molar-refractivity contribution in [3.05, 3.63) is 23.8 Å². The molecule has 1 aromatic rings. The molecule has 0 radical (unpaired) electrons. The molecule has 11 nitrogen and oxygen atoms in total. The summed E-state index contributed by atoms with van der Waals surface area (Å²) in [6, 6.07) is 4.48. The van der Waals surface area contributed by atoms with Gasteiger partial charge in [-0.2, -0.15) is 8.42 Å². The van der Waals surface area contributed by atoms with Crippen LogP contribution in [0.3, 0.4) is 0 Å². The summed E-state index contributed by atoms with van der Waals surface area (Å²) < 4.78 is 41.1. The number of rotatable bonds is 11. The molecule has 176 valence electrons. The predicted octanol–water partition coefficient (Wildman–Crippen LogP) is 0.235. The Morgan fingerprint density at radius 1 is 1.13 bits per heavy atom. The molecule has 1 fully saturated rings. The zero-order valence-corrected chi connectivity index (χ0v) is 18.4. The van der Waals surface area contributed by atoms with Crippen molar-refractivity contribution < 1.29 is 37.5 Å². The number of nitrogens with one attached hydrogen (secondary N) is 1. The summed E-state index contributed by atoms with van der Waals surface area (Å²) >= 11 is 0. The zero-order chi connectivity index (χ0) is 22.9. The second-order valence-corrected chi connectivity index (χ2v) is 8.88. The first-order chi connectivity index (χ1) is 14.6. The molecule has 1 aliphatic rings. The van der Waals surface area contributed by atoms with Crippen molar-refractivity contribution >= 4 is 16.2 Å². The topological polar surface area (TPSA) is 149 Å². The summed E-state index contributed by atoms with van der Waals surface area (Å²) in [4.78, 5) is 16.0.